The molecule has 1 aliphatic heterocycles. The lowest BCUT2D eigenvalue weighted by molar-refractivity contribution is -0.112. The van der Waals surface area contributed by atoms with Crippen LogP contribution in [0.15, 0.2) is 59.0 Å². The first-order valence-electron chi connectivity index (χ1n) is 9.82. The quantitative estimate of drug-likeness (QED) is 0.440. The second-order valence-electron chi connectivity index (χ2n) is 7.39. The topological polar surface area (TPSA) is 136 Å². The van der Waals surface area contributed by atoms with Crippen molar-refractivity contribution >= 4 is 27.7 Å². The van der Waals surface area contributed by atoms with E-state index in [-0.39, 0.29) is 17.3 Å². The molecule has 0 fully saturated rings. The van der Waals surface area contributed by atoms with E-state index in [1.165, 1.54) is 30.3 Å². The zero-order valence-electron chi connectivity index (χ0n) is 17.8. The number of nitrogens with two attached hydrogens (primary N) is 1. The highest BCUT2D eigenvalue weighted by Crippen LogP contribution is 2.35. The molecule has 0 saturated heterocycles. The Balaban J connectivity index is 1.60. The number of benzene rings is 2. The van der Waals surface area contributed by atoms with Gasteiger partial charge in [-0.25, -0.2) is 13.6 Å². The van der Waals surface area contributed by atoms with Crippen LogP contribution in [-0.4, -0.2) is 25.7 Å². The average Bonchev–Trinajstić information content (AvgIpc) is 3.34. The lowest BCUT2D eigenvalue weighted by Crippen LogP contribution is -2.14. The summed E-state index contributed by atoms with van der Waals surface area (Å²) in [5.41, 5.74) is 3.56. The Hall–Kier alpha value is -4.07. The molecule has 0 atom stereocenters. The summed E-state index contributed by atoms with van der Waals surface area (Å²) in [6, 6.07) is 14.8. The minimum atomic E-state index is -3.84. The van der Waals surface area contributed by atoms with Crippen LogP contribution < -0.4 is 19.9 Å². The number of aryl methyl sites for hydroxylation is 1. The molecule has 168 valence electrons. The van der Waals surface area contributed by atoms with Crippen molar-refractivity contribution < 1.29 is 22.7 Å². The molecule has 2 aromatic carbocycles. The van der Waals surface area contributed by atoms with Gasteiger partial charge in [0.15, 0.2) is 11.5 Å². The van der Waals surface area contributed by atoms with Crippen LogP contribution in [0.25, 0.3) is 11.8 Å². The molecule has 1 amide bonds. The van der Waals surface area contributed by atoms with Crippen molar-refractivity contribution in [2.75, 3.05) is 12.1 Å². The Morgan fingerprint density at radius 1 is 1.12 bits per heavy atom. The van der Waals surface area contributed by atoms with Crippen LogP contribution in [-0.2, 0) is 14.8 Å². The van der Waals surface area contributed by atoms with Crippen molar-refractivity contribution in [3.63, 3.8) is 0 Å². The first-order valence-corrected chi connectivity index (χ1v) is 11.4. The smallest absolute Gasteiger partial charge is 0.266 e. The zero-order chi connectivity index (χ0) is 23.8. The molecule has 1 aliphatic rings. The van der Waals surface area contributed by atoms with Crippen LogP contribution in [0.2, 0.25) is 0 Å². The van der Waals surface area contributed by atoms with Gasteiger partial charge in [0.1, 0.15) is 11.6 Å². The van der Waals surface area contributed by atoms with Crippen molar-refractivity contribution in [2.45, 2.75) is 18.7 Å². The van der Waals surface area contributed by atoms with E-state index in [1.54, 1.807) is 0 Å². The van der Waals surface area contributed by atoms with Gasteiger partial charge in [-0.2, -0.15) is 5.26 Å². The fraction of sp³-hybridized carbons (Fsp3) is 0.130. The van der Waals surface area contributed by atoms with Crippen LogP contribution in [0, 0.1) is 25.2 Å². The van der Waals surface area contributed by atoms with Gasteiger partial charge in [0.05, 0.1) is 4.90 Å². The van der Waals surface area contributed by atoms with Crippen molar-refractivity contribution in [1.29, 1.82) is 5.26 Å². The number of fused-ring (bicyclic) bond motifs is 1. The number of rotatable bonds is 5. The monoisotopic (exact) mass is 464 g/mol. The van der Waals surface area contributed by atoms with E-state index in [4.69, 9.17) is 14.6 Å². The molecule has 3 N–H and O–H groups in total. The highest BCUT2D eigenvalue weighted by Gasteiger charge is 2.18. The van der Waals surface area contributed by atoms with Gasteiger partial charge in [-0.1, -0.05) is 0 Å². The van der Waals surface area contributed by atoms with Gasteiger partial charge >= 0.3 is 0 Å². The lowest BCUT2D eigenvalue weighted by Gasteiger charge is -2.10. The summed E-state index contributed by atoms with van der Waals surface area (Å²) < 4.78 is 35.5. The first-order chi connectivity index (χ1) is 15.7. The van der Waals surface area contributed by atoms with Crippen LogP contribution >= 0.6 is 0 Å². The Kier molecular flexibility index (Phi) is 5.68. The number of nitrogens with zero attached hydrogens (tertiary/aromatic N) is 2. The Bertz CT molecular complexity index is 1430. The second-order valence-corrected chi connectivity index (χ2v) is 8.95. The van der Waals surface area contributed by atoms with Crippen LogP contribution in [0.4, 0.5) is 5.69 Å². The third kappa shape index (κ3) is 4.45. The van der Waals surface area contributed by atoms with Gasteiger partial charge in [0.25, 0.3) is 5.91 Å². The molecular weight excluding hydrogens is 444 g/mol. The highest BCUT2D eigenvalue weighted by molar-refractivity contribution is 7.89. The number of amides is 1. The molecule has 9 nitrogen and oxygen atoms in total. The zero-order valence-corrected chi connectivity index (χ0v) is 18.6. The number of nitriles is 1. The SMILES string of the molecule is Cc1cc(/C=C(\C#N)C(=O)Nc2ccc(S(N)(=O)=O)cc2)c(C)n1-c1ccc2c(c1)OCO2. The first kappa shape index (κ1) is 22.1. The van der Waals surface area contributed by atoms with E-state index in [1.807, 2.05) is 48.7 Å². The predicted molar refractivity (Wildman–Crippen MR) is 121 cm³/mol. The van der Waals surface area contributed by atoms with Gasteiger partial charge in [-0.15, -0.1) is 0 Å². The van der Waals surface area contributed by atoms with Crippen LogP contribution in [0.5, 0.6) is 11.5 Å². The van der Waals surface area contributed by atoms with Crippen LogP contribution in [0.1, 0.15) is 17.0 Å². The Morgan fingerprint density at radius 2 is 1.82 bits per heavy atom. The van der Waals surface area contributed by atoms with Crippen LogP contribution in [0.3, 0.4) is 0 Å². The van der Waals surface area contributed by atoms with Gasteiger partial charge in [-0.05, 0) is 68.0 Å². The van der Waals surface area contributed by atoms with E-state index < -0.39 is 15.9 Å². The summed E-state index contributed by atoms with van der Waals surface area (Å²) in [6.45, 7) is 4.00. The molecule has 4 rings (SSSR count). The van der Waals surface area contributed by atoms with E-state index in [2.05, 4.69) is 5.32 Å². The number of sulfonamides is 1. The molecule has 2 heterocycles. The number of primary sulfonamides is 1. The van der Waals surface area contributed by atoms with Gasteiger partial charge in [0, 0.05) is 28.8 Å². The molecule has 0 bridgehead atoms. The molecular formula is C23H20N4O5S. The standard InChI is InChI=1S/C23H20N4O5S/c1-14-9-16(15(2)27(14)19-5-8-21-22(11-19)32-13-31-21)10-17(12-24)23(28)26-18-3-6-20(7-4-18)33(25,29)30/h3-11H,13H2,1-2H3,(H,26,28)(H2,25,29,30)/b17-10+. The number of carbonyl (C=O) groups is 1. The molecule has 3 aromatic rings. The summed E-state index contributed by atoms with van der Waals surface area (Å²) in [5, 5.41) is 17.2. The number of anilines is 1. The maximum Gasteiger partial charge on any atom is 0.266 e. The number of hydrogen-bond donors (Lipinski definition) is 2. The highest BCUT2D eigenvalue weighted by atomic mass is 32.2. The third-order valence-corrected chi connectivity index (χ3v) is 6.12. The van der Waals surface area contributed by atoms with Gasteiger partial charge in [-0.3, -0.25) is 4.79 Å². The number of ether oxygens (including phenoxy) is 2. The molecule has 0 aliphatic carbocycles. The van der Waals surface area contributed by atoms with E-state index in [0.29, 0.717) is 22.7 Å². The van der Waals surface area contributed by atoms with Crippen molar-refractivity contribution in [1.82, 2.24) is 4.57 Å². The normalized spacial score (nSPS) is 13.0. The van der Waals surface area contributed by atoms with Gasteiger partial charge in [0.2, 0.25) is 16.8 Å². The number of aromatic nitrogens is 1. The molecule has 10 heteroatoms. The number of hydrogen-bond acceptors (Lipinski definition) is 6. The number of nitrogens with one attached hydrogen (secondary N) is 1. The van der Waals surface area contributed by atoms with Gasteiger partial charge < -0.3 is 19.4 Å². The summed E-state index contributed by atoms with van der Waals surface area (Å²) in [5.74, 6) is 0.721. The Morgan fingerprint density at radius 3 is 2.48 bits per heavy atom. The third-order valence-electron chi connectivity index (χ3n) is 5.19. The molecule has 0 radical (unpaired) electrons. The summed E-state index contributed by atoms with van der Waals surface area (Å²) >= 11 is 0. The number of carbonyl (C=O) groups excluding carboxylic acids is 1. The summed E-state index contributed by atoms with van der Waals surface area (Å²) in [7, 11) is -3.84. The van der Waals surface area contributed by atoms with Crippen molar-refractivity contribution in [3.8, 4) is 23.3 Å². The van der Waals surface area contributed by atoms with E-state index in [9.17, 15) is 18.5 Å². The fourth-order valence-corrected chi connectivity index (χ4v) is 4.10. The molecule has 0 spiro atoms. The molecule has 0 unspecified atom stereocenters. The predicted octanol–water partition coefficient (Wildman–Crippen LogP) is 3.02. The van der Waals surface area contributed by atoms with Crippen molar-refractivity contribution in [2.24, 2.45) is 5.14 Å². The molecule has 33 heavy (non-hydrogen) atoms. The van der Waals surface area contributed by atoms with Crippen molar-refractivity contribution in [3.05, 3.63) is 71.1 Å². The van der Waals surface area contributed by atoms with E-state index >= 15 is 0 Å². The van der Waals surface area contributed by atoms with E-state index in [0.717, 1.165) is 17.1 Å². The molecule has 0 saturated carbocycles. The molecule has 1 aromatic heterocycles. The maximum absolute atomic E-state index is 12.6. The average molecular weight is 465 g/mol. The second kappa shape index (κ2) is 8.46. The Labute approximate surface area is 190 Å². The largest absolute Gasteiger partial charge is 0.454 e. The summed E-state index contributed by atoms with van der Waals surface area (Å²) in [6.07, 6.45) is 1.51. The minimum absolute atomic E-state index is 0.0764. The lowest BCUT2D eigenvalue weighted by atomic mass is 10.1. The summed E-state index contributed by atoms with van der Waals surface area (Å²) in [4.78, 5) is 12.6. The fourth-order valence-electron chi connectivity index (χ4n) is 3.59. The minimum Gasteiger partial charge on any atom is -0.454 e. The maximum atomic E-state index is 12.6.